The van der Waals surface area contributed by atoms with Gasteiger partial charge in [0.05, 0.1) is 38.8 Å². The van der Waals surface area contributed by atoms with Crippen LogP contribution in [0, 0.1) is 13.8 Å². The third-order valence-electron chi connectivity index (χ3n) is 5.97. The van der Waals surface area contributed by atoms with Crippen LogP contribution in [0.2, 0.25) is 5.02 Å². The number of hydrogen-bond acceptors (Lipinski definition) is 7. The Bertz CT molecular complexity index is 1670. The third-order valence-corrected chi connectivity index (χ3v) is 8.67. The van der Waals surface area contributed by atoms with E-state index in [4.69, 9.17) is 11.6 Å². The first-order valence-electron chi connectivity index (χ1n) is 11.8. The summed E-state index contributed by atoms with van der Waals surface area (Å²) in [4.78, 5) is 30.1. The molecule has 0 aliphatic heterocycles. The number of fused-ring (bicyclic) bond motifs is 1. The zero-order valence-corrected chi connectivity index (χ0v) is 24.8. The molecule has 0 fully saturated rings. The zero-order chi connectivity index (χ0) is 27.5. The van der Waals surface area contributed by atoms with Gasteiger partial charge in [-0.15, -0.1) is 10.2 Å². The van der Waals surface area contributed by atoms with E-state index < -0.39 is 0 Å². The molecule has 0 saturated heterocycles. The van der Waals surface area contributed by atoms with E-state index in [1.807, 2.05) is 60.9 Å². The number of thioether (sulfide) groups is 1. The Balaban J connectivity index is 1.36. The number of nitrogens with one attached hydrogen (secondary N) is 2. The van der Waals surface area contributed by atoms with Gasteiger partial charge in [0, 0.05) is 4.47 Å². The molecule has 39 heavy (non-hydrogen) atoms. The molecule has 2 heterocycles. The van der Waals surface area contributed by atoms with E-state index in [0.29, 0.717) is 26.7 Å². The number of amides is 2. The van der Waals surface area contributed by atoms with Crippen LogP contribution in [0.1, 0.15) is 27.3 Å². The summed E-state index contributed by atoms with van der Waals surface area (Å²) in [5, 5.41) is 15.9. The molecule has 0 saturated carbocycles. The molecule has 2 aromatic heterocycles. The fourth-order valence-electron chi connectivity index (χ4n) is 3.87. The first kappa shape index (κ1) is 27.3. The van der Waals surface area contributed by atoms with Crippen molar-refractivity contribution in [3.63, 3.8) is 0 Å². The van der Waals surface area contributed by atoms with E-state index >= 15 is 0 Å². The number of benzene rings is 3. The van der Waals surface area contributed by atoms with Crippen LogP contribution < -0.4 is 10.6 Å². The maximum absolute atomic E-state index is 12.9. The van der Waals surface area contributed by atoms with Crippen molar-refractivity contribution in [1.82, 2.24) is 25.1 Å². The molecular formula is C27H22BrClN6O2S2. The minimum absolute atomic E-state index is 0.110. The number of halogens is 2. The molecule has 3 aromatic carbocycles. The first-order chi connectivity index (χ1) is 18.8. The number of carbonyl (C=O) groups excluding carboxylic acids is 2. The highest BCUT2D eigenvalue weighted by molar-refractivity contribution is 9.10. The predicted molar refractivity (Wildman–Crippen MR) is 160 cm³/mol. The largest absolute Gasteiger partial charge is 0.345 e. The van der Waals surface area contributed by atoms with Crippen LogP contribution in [0.4, 0.5) is 5.13 Å². The van der Waals surface area contributed by atoms with E-state index in [0.717, 1.165) is 31.5 Å². The van der Waals surface area contributed by atoms with Crippen molar-refractivity contribution in [2.45, 2.75) is 25.5 Å². The van der Waals surface area contributed by atoms with Gasteiger partial charge in [-0.1, -0.05) is 74.9 Å². The van der Waals surface area contributed by atoms with Gasteiger partial charge in [0.1, 0.15) is 0 Å². The van der Waals surface area contributed by atoms with Gasteiger partial charge in [-0.2, -0.15) is 0 Å². The van der Waals surface area contributed by atoms with Crippen molar-refractivity contribution in [1.29, 1.82) is 0 Å². The Morgan fingerprint density at radius 2 is 1.90 bits per heavy atom. The van der Waals surface area contributed by atoms with Crippen molar-refractivity contribution in [2.75, 3.05) is 11.1 Å². The Labute approximate surface area is 246 Å². The number of anilines is 1. The van der Waals surface area contributed by atoms with Gasteiger partial charge in [0.15, 0.2) is 16.1 Å². The van der Waals surface area contributed by atoms with Crippen molar-refractivity contribution in [2.24, 2.45) is 0 Å². The standard InChI is InChI=1S/C27H22BrClN6O2S2/c1-15-6-5-8-21(16(15)2)35-23(13-30-25(37)18-12-17(28)10-11-19(18)29)33-34-27(35)38-14-24(36)32-26-31-20-7-3-4-9-22(20)39-26/h3-12H,13-14H2,1-2H3,(H,30,37)(H,31,32,36). The molecule has 0 atom stereocenters. The predicted octanol–water partition coefficient (Wildman–Crippen LogP) is 6.57. The van der Waals surface area contributed by atoms with Gasteiger partial charge < -0.3 is 10.6 Å². The number of hydrogen-bond donors (Lipinski definition) is 2. The van der Waals surface area contributed by atoms with Gasteiger partial charge in [0.25, 0.3) is 5.91 Å². The number of aryl methyl sites for hydroxylation is 1. The first-order valence-corrected chi connectivity index (χ1v) is 14.8. The molecule has 0 bridgehead atoms. The fourth-order valence-corrected chi connectivity index (χ4v) is 6.08. The van der Waals surface area contributed by atoms with Crippen LogP contribution in [-0.4, -0.2) is 37.3 Å². The van der Waals surface area contributed by atoms with Gasteiger partial charge in [0.2, 0.25) is 5.91 Å². The number of aromatic nitrogens is 4. The molecule has 0 aliphatic carbocycles. The van der Waals surface area contributed by atoms with Crippen LogP contribution >= 0.6 is 50.6 Å². The number of carbonyl (C=O) groups is 2. The summed E-state index contributed by atoms with van der Waals surface area (Å²) < 4.78 is 3.63. The maximum Gasteiger partial charge on any atom is 0.253 e. The van der Waals surface area contributed by atoms with Gasteiger partial charge in [-0.05, 0) is 61.4 Å². The lowest BCUT2D eigenvalue weighted by atomic mass is 10.1. The number of nitrogens with zero attached hydrogens (tertiary/aromatic N) is 4. The molecule has 8 nitrogen and oxygen atoms in total. The molecule has 198 valence electrons. The molecule has 2 N–H and O–H groups in total. The lowest BCUT2D eigenvalue weighted by Gasteiger charge is -2.15. The molecule has 5 aromatic rings. The number of thiazole rings is 1. The van der Waals surface area contributed by atoms with E-state index in [1.165, 1.54) is 23.1 Å². The van der Waals surface area contributed by atoms with Crippen molar-refractivity contribution < 1.29 is 9.59 Å². The van der Waals surface area contributed by atoms with Crippen molar-refractivity contribution in [3.8, 4) is 5.69 Å². The lowest BCUT2D eigenvalue weighted by Crippen LogP contribution is -2.25. The summed E-state index contributed by atoms with van der Waals surface area (Å²) in [7, 11) is 0. The summed E-state index contributed by atoms with van der Waals surface area (Å²) in [6, 6.07) is 18.8. The Morgan fingerprint density at radius 3 is 2.72 bits per heavy atom. The summed E-state index contributed by atoms with van der Waals surface area (Å²) in [6.07, 6.45) is 0. The molecule has 0 spiro atoms. The van der Waals surface area contributed by atoms with Crippen LogP contribution in [0.25, 0.3) is 15.9 Å². The van der Waals surface area contributed by atoms with Crippen LogP contribution in [0.3, 0.4) is 0 Å². The minimum atomic E-state index is -0.332. The van der Waals surface area contributed by atoms with Crippen molar-refractivity contribution in [3.05, 3.63) is 92.7 Å². The number of para-hydroxylation sites is 1. The average Bonchev–Trinajstić information content (AvgIpc) is 3.52. The molecule has 0 radical (unpaired) electrons. The van der Waals surface area contributed by atoms with Crippen LogP contribution in [0.5, 0.6) is 0 Å². The van der Waals surface area contributed by atoms with E-state index in [2.05, 4.69) is 41.7 Å². The summed E-state index contributed by atoms with van der Waals surface area (Å²) in [5.41, 5.74) is 4.21. The molecule has 5 rings (SSSR count). The summed E-state index contributed by atoms with van der Waals surface area (Å²) in [6.45, 7) is 4.15. The smallest absolute Gasteiger partial charge is 0.253 e. The SMILES string of the molecule is Cc1cccc(-n2c(CNC(=O)c3cc(Br)ccc3Cl)nnc2SCC(=O)Nc2nc3ccccc3s2)c1C. The molecular weight excluding hydrogens is 620 g/mol. The van der Waals surface area contributed by atoms with Crippen LogP contribution in [-0.2, 0) is 11.3 Å². The molecule has 0 unspecified atom stereocenters. The topological polar surface area (TPSA) is 102 Å². The highest BCUT2D eigenvalue weighted by atomic mass is 79.9. The average molecular weight is 642 g/mol. The second-order valence-corrected chi connectivity index (χ2v) is 11.9. The monoisotopic (exact) mass is 640 g/mol. The highest BCUT2D eigenvalue weighted by Gasteiger charge is 2.20. The second kappa shape index (κ2) is 11.9. The molecule has 2 amide bonds. The molecule has 12 heteroatoms. The Hall–Kier alpha value is -3.25. The normalized spacial score (nSPS) is 11.1. The number of rotatable bonds is 8. The molecule has 0 aliphatic rings. The fraction of sp³-hybridized carbons (Fsp3) is 0.148. The summed E-state index contributed by atoms with van der Waals surface area (Å²) in [5.74, 6) is 0.103. The van der Waals surface area contributed by atoms with Gasteiger partial charge in [-0.3, -0.25) is 14.2 Å². The minimum Gasteiger partial charge on any atom is -0.345 e. The van der Waals surface area contributed by atoms with Gasteiger partial charge in [-0.25, -0.2) is 4.98 Å². The Morgan fingerprint density at radius 1 is 1.08 bits per heavy atom. The lowest BCUT2D eigenvalue weighted by molar-refractivity contribution is -0.113. The summed E-state index contributed by atoms with van der Waals surface area (Å²) >= 11 is 12.3. The Kier molecular flexibility index (Phi) is 8.31. The highest BCUT2D eigenvalue weighted by Crippen LogP contribution is 2.28. The van der Waals surface area contributed by atoms with Gasteiger partial charge >= 0.3 is 0 Å². The third kappa shape index (κ3) is 6.17. The van der Waals surface area contributed by atoms with E-state index in [-0.39, 0.29) is 24.1 Å². The quantitative estimate of drug-likeness (QED) is 0.186. The second-order valence-electron chi connectivity index (χ2n) is 8.58. The van der Waals surface area contributed by atoms with E-state index in [9.17, 15) is 9.59 Å². The van der Waals surface area contributed by atoms with Crippen LogP contribution in [0.15, 0.2) is 70.3 Å². The maximum atomic E-state index is 12.9. The van der Waals surface area contributed by atoms with E-state index in [1.54, 1.807) is 18.2 Å². The van der Waals surface area contributed by atoms with Crippen molar-refractivity contribution >= 4 is 77.8 Å². The zero-order valence-electron chi connectivity index (χ0n) is 20.9.